The summed E-state index contributed by atoms with van der Waals surface area (Å²) in [4.78, 5) is 4.54. The van der Waals surface area contributed by atoms with Crippen molar-refractivity contribution in [2.24, 2.45) is 0 Å². The second-order valence-electron chi connectivity index (χ2n) is 3.96. The van der Waals surface area contributed by atoms with Crippen LogP contribution < -0.4 is 0 Å². The van der Waals surface area contributed by atoms with Gasteiger partial charge in [0.2, 0.25) is 0 Å². The number of benzene rings is 2. The van der Waals surface area contributed by atoms with Crippen molar-refractivity contribution in [3.8, 4) is 10.6 Å². The van der Waals surface area contributed by atoms with E-state index in [-0.39, 0.29) is 5.82 Å². The van der Waals surface area contributed by atoms with Crippen LogP contribution in [0.1, 0.15) is 5.56 Å². The van der Waals surface area contributed by atoms with Crippen molar-refractivity contribution in [1.29, 1.82) is 0 Å². The molecule has 18 heavy (non-hydrogen) atoms. The Morgan fingerprint density at radius 2 is 1.89 bits per heavy atom. The summed E-state index contributed by atoms with van der Waals surface area (Å²) in [6.45, 7) is 0. The third kappa shape index (κ3) is 2.11. The topological polar surface area (TPSA) is 12.9 Å². The van der Waals surface area contributed by atoms with Gasteiger partial charge in [0.15, 0.2) is 0 Å². The zero-order valence-corrected chi connectivity index (χ0v) is 10.9. The van der Waals surface area contributed by atoms with Gasteiger partial charge in [0, 0.05) is 11.4 Å². The Morgan fingerprint density at radius 1 is 1.11 bits per heavy atom. The third-order valence-electron chi connectivity index (χ3n) is 2.70. The predicted octanol–water partition coefficient (Wildman–Crippen LogP) is 4.84. The Balaban J connectivity index is 2.10. The van der Waals surface area contributed by atoms with Crippen LogP contribution in [0.4, 0.5) is 4.39 Å². The molecule has 0 spiro atoms. The van der Waals surface area contributed by atoms with Crippen LogP contribution in [-0.2, 0) is 5.88 Å². The molecule has 0 aliphatic carbocycles. The molecule has 90 valence electrons. The SMILES string of the molecule is Fc1ccc(-c2nc3ccc(CCl)cc3s2)cc1. The standard InChI is InChI=1S/C14H9ClFNS/c15-8-9-1-6-12-13(7-9)18-14(17-12)10-2-4-11(16)5-3-10/h1-7H,8H2. The lowest BCUT2D eigenvalue weighted by molar-refractivity contribution is 0.628. The van der Waals surface area contributed by atoms with E-state index in [2.05, 4.69) is 4.98 Å². The fraction of sp³-hybridized carbons (Fsp3) is 0.0714. The van der Waals surface area contributed by atoms with E-state index in [4.69, 9.17) is 11.6 Å². The zero-order chi connectivity index (χ0) is 12.5. The summed E-state index contributed by atoms with van der Waals surface area (Å²) >= 11 is 7.40. The molecule has 1 heterocycles. The van der Waals surface area contributed by atoms with Gasteiger partial charge in [-0.05, 0) is 42.0 Å². The lowest BCUT2D eigenvalue weighted by Crippen LogP contribution is -1.77. The molecular weight excluding hydrogens is 269 g/mol. The van der Waals surface area contributed by atoms with E-state index in [1.54, 1.807) is 23.5 Å². The number of fused-ring (bicyclic) bond motifs is 1. The summed E-state index contributed by atoms with van der Waals surface area (Å²) in [5.41, 5.74) is 2.97. The number of hydrogen-bond acceptors (Lipinski definition) is 2. The van der Waals surface area contributed by atoms with E-state index >= 15 is 0 Å². The van der Waals surface area contributed by atoms with Gasteiger partial charge < -0.3 is 0 Å². The molecule has 0 amide bonds. The van der Waals surface area contributed by atoms with Crippen LogP contribution in [0.2, 0.25) is 0 Å². The van der Waals surface area contributed by atoms with Gasteiger partial charge in [-0.15, -0.1) is 22.9 Å². The maximum absolute atomic E-state index is 12.9. The third-order valence-corrected chi connectivity index (χ3v) is 4.07. The van der Waals surface area contributed by atoms with E-state index < -0.39 is 0 Å². The molecule has 1 nitrogen and oxygen atoms in total. The minimum atomic E-state index is -0.232. The van der Waals surface area contributed by atoms with Gasteiger partial charge in [-0.3, -0.25) is 0 Å². The zero-order valence-electron chi connectivity index (χ0n) is 9.36. The first-order valence-electron chi connectivity index (χ1n) is 5.47. The molecule has 3 rings (SSSR count). The number of rotatable bonds is 2. The fourth-order valence-corrected chi connectivity index (χ4v) is 2.97. The first-order valence-corrected chi connectivity index (χ1v) is 6.83. The second-order valence-corrected chi connectivity index (χ2v) is 5.26. The highest BCUT2D eigenvalue weighted by Crippen LogP contribution is 2.30. The maximum Gasteiger partial charge on any atom is 0.124 e. The second kappa shape index (κ2) is 4.67. The number of thiazole rings is 1. The van der Waals surface area contributed by atoms with E-state index in [0.717, 1.165) is 26.4 Å². The van der Waals surface area contributed by atoms with E-state index in [0.29, 0.717) is 5.88 Å². The van der Waals surface area contributed by atoms with Gasteiger partial charge in [-0.25, -0.2) is 9.37 Å². The van der Waals surface area contributed by atoms with Crippen molar-refractivity contribution in [3.05, 3.63) is 53.8 Å². The van der Waals surface area contributed by atoms with Gasteiger partial charge in [0.25, 0.3) is 0 Å². The van der Waals surface area contributed by atoms with Crippen LogP contribution in [0.3, 0.4) is 0 Å². The average Bonchev–Trinajstić information content (AvgIpc) is 2.82. The molecule has 0 atom stereocenters. The first kappa shape index (κ1) is 11.6. The van der Waals surface area contributed by atoms with Crippen molar-refractivity contribution in [2.45, 2.75) is 5.88 Å². The molecule has 0 saturated heterocycles. The van der Waals surface area contributed by atoms with Crippen LogP contribution in [0.25, 0.3) is 20.8 Å². The Morgan fingerprint density at radius 3 is 2.61 bits per heavy atom. The average molecular weight is 278 g/mol. The summed E-state index contributed by atoms with van der Waals surface area (Å²) in [5.74, 6) is 0.268. The minimum Gasteiger partial charge on any atom is -0.236 e. The fourth-order valence-electron chi connectivity index (χ4n) is 1.77. The number of halogens is 2. The van der Waals surface area contributed by atoms with Crippen LogP contribution in [0, 0.1) is 5.82 Å². The largest absolute Gasteiger partial charge is 0.236 e. The smallest absolute Gasteiger partial charge is 0.124 e. The molecule has 0 radical (unpaired) electrons. The lowest BCUT2D eigenvalue weighted by atomic mass is 10.2. The van der Waals surface area contributed by atoms with Crippen LogP contribution in [-0.4, -0.2) is 4.98 Å². The number of nitrogens with zero attached hydrogens (tertiary/aromatic N) is 1. The van der Waals surface area contributed by atoms with Crippen molar-refractivity contribution in [3.63, 3.8) is 0 Å². The molecule has 4 heteroatoms. The molecule has 0 N–H and O–H groups in total. The summed E-state index contributed by atoms with van der Waals surface area (Å²) in [6.07, 6.45) is 0. The van der Waals surface area contributed by atoms with Gasteiger partial charge in [0.1, 0.15) is 10.8 Å². The molecule has 0 aliphatic rings. The monoisotopic (exact) mass is 277 g/mol. The van der Waals surface area contributed by atoms with Gasteiger partial charge >= 0.3 is 0 Å². The molecule has 0 saturated carbocycles. The Hall–Kier alpha value is -1.45. The van der Waals surface area contributed by atoms with E-state index in [1.165, 1.54) is 12.1 Å². The first-order chi connectivity index (χ1) is 8.76. The van der Waals surface area contributed by atoms with Gasteiger partial charge in [0.05, 0.1) is 10.2 Å². The van der Waals surface area contributed by atoms with Gasteiger partial charge in [-0.2, -0.15) is 0 Å². The highest BCUT2D eigenvalue weighted by atomic mass is 35.5. The maximum atomic E-state index is 12.9. The molecular formula is C14H9ClFNS. The molecule has 0 fully saturated rings. The van der Waals surface area contributed by atoms with Crippen LogP contribution >= 0.6 is 22.9 Å². The minimum absolute atomic E-state index is 0.232. The van der Waals surface area contributed by atoms with Crippen molar-refractivity contribution >= 4 is 33.2 Å². The summed E-state index contributed by atoms with van der Waals surface area (Å²) < 4.78 is 14.0. The Kier molecular flexibility index (Phi) is 3.02. The van der Waals surface area contributed by atoms with E-state index in [9.17, 15) is 4.39 Å². The Bertz CT molecular complexity index is 691. The van der Waals surface area contributed by atoms with Crippen molar-refractivity contribution in [2.75, 3.05) is 0 Å². The summed E-state index contributed by atoms with van der Waals surface area (Å²) in [7, 11) is 0. The summed E-state index contributed by atoms with van der Waals surface area (Å²) in [6, 6.07) is 12.4. The van der Waals surface area contributed by atoms with E-state index in [1.807, 2.05) is 18.2 Å². The van der Waals surface area contributed by atoms with Gasteiger partial charge in [-0.1, -0.05) is 6.07 Å². The number of alkyl halides is 1. The molecule has 2 aromatic carbocycles. The van der Waals surface area contributed by atoms with Crippen LogP contribution in [0.5, 0.6) is 0 Å². The highest BCUT2D eigenvalue weighted by Gasteiger charge is 2.06. The quantitative estimate of drug-likeness (QED) is 0.611. The van der Waals surface area contributed by atoms with Crippen LogP contribution in [0.15, 0.2) is 42.5 Å². The number of aromatic nitrogens is 1. The van der Waals surface area contributed by atoms with Crippen molar-refractivity contribution in [1.82, 2.24) is 4.98 Å². The lowest BCUT2D eigenvalue weighted by Gasteiger charge is -1.94. The normalized spacial score (nSPS) is 11.0. The number of hydrogen-bond donors (Lipinski definition) is 0. The highest BCUT2D eigenvalue weighted by molar-refractivity contribution is 7.21. The summed E-state index contributed by atoms with van der Waals surface area (Å²) in [5, 5.41) is 0.900. The predicted molar refractivity (Wildman–Crippen MR) is 74.6 cm³/mol. The molecule has 0 aliphatic heterocycles. The molecule has 0 bridgehead atoms. The Labute approximate surface area is 113 Å². The van der Waals surface area contributed by atoms with Crippen molar-refractivity contribution < 1.29 is 4.39 Å². The molecule has 1 aromatic heterocycles. The molecule has 3 aromatic rings. The molecule has 0 unspecified atom stereocenters.